The highest BCUT2D eigenvalue weighted by molar-refractivity contribution is 5.36. The Morgan fingerprint density at radius 1 is 1.33 bits per heavy atom. The van der Waals surface area contributed by atoms with Gasteiger partial charge >= 0.3 is 0 Å². The number of hydrogen-bond donors (Lipinski definition) is 1. The molecule has 1 aliphatic heterocycles. The van der Waals surface area contributed by atoms with Crippen LogP contribution in [0.1, 0.15) is 20.3 Å². The van der Waals surface area contributed by atoms with Gasteiger partial charge in [0.05, 0.1) is 6.61 Å². The molecule has 66 valence electrons. The minimum atomic E-state index is -0.725. The van der Waals surface area contributed by atoms with Crippen LogP contribution in [0.4, 0.5) is 0 Å². The van der Waals surface area contributed by atoms with E-state index >= 15 is 0 Å². The predicted molar refractivity (Wildman–Crippen MR) is 42.2 cm³/mol. The van der Waals surface area contributed by atoms with Gasteiger partial charge in [-0.2, -0.15) is 0 Å². The van der Waals surface area contributed by atoms with E-state index in [1.165, 1.54) is 6.42 Å². The second-order valence-electron chi connectivity index (χ2n) is 5.65. The Kier molecular flexibility index (Phi) is 0.639. The van der Waals surface area contributed by atoms with Gasteiger partial charge in [-0.1, -0.05) is 13.8 Å². The molecule has 0 radical (unpaired) electrons. The molecule has 0 spiro atoms. The van der Waals surface area contributed by atoms with E-state index in [-0.39, 0.29) is 5.41 Å². The van der Waals surface area contributed by atoms with Gasteiger partial charge in [0.1, 0.15) is 0 Å². The molecule has 0 aromatic carbocycles. The molecule has 5 rings (SSSR count). The van der Waals surface area contributed by atoms with Crippen molar-refractivity contribution in [2.24, 2.45) is 28.6 Å². The van der Waals surface area contributed by atoms with Crippen molar-refractivity contribution in [3.05, 3.63) is 0 Å². The molecule has 2 heteroatoms. The fraction of sp³-hybridized carbons (Fsp3) is 1.00. The van der Waals surface area contributed by atoms with Crippen molar-refractivity contribution in [2.75, 3.05) is 6.61 Å². The van der Waals surface area contributed by atoms with E-state index in [1.807, 2.05) is 0 Å². The molecule has 12 heavy (non-hydrogen) atoms. The van der Waals surface area contributed by atoms with Gasteiger partial charge in [0.25, 0.3) is 0 Å². The minimum absolute atomic E-state index is 0.0833. The highest BCUT2D eigenvalue weighted by atomic mass is 16.6. The quantitative estimate of drug-likeness (QED) is 0.581. The van der Waals surface area contributed by atoms with Crippen LogP contribution in [0.5, 0.6) is 0 Å². The molecule has 5 aliphatic rings. The summed E-state index contributed by atoms with van der Waals surface area (Å²) in [6.07, 6.45) is 1.20. The summed E-state index contributed by atoms with van der Waals surface area (Å²) in [6.45, 7) is 5.32. The Bertz CT molecular complexity index is 276. The largest absolute Gasteiger partial charge is 0.365 e. The monoisotopic (exact) mass is 166 g/mol. The van der Waals surface area contributed by atoms with Gasteiger partial charge in [0.2, 0.25) is 0 Å². The standard InChI is InChI=1S/C10H14O2/c1-8-4-12-10(11)7-5(6(7)8)3-9(8,10)2/h5-7,11H,3-4H2,1-2H3/t5?,6-,7?,8-,9-,10-/m0/s1. The lowest BCUT2D eigenvalue weighted by atomic mass is 9.70. The van der Waals surface area contributed by atoms with E-state index in [9.17, 15) is 5.11 Å². The highest BCUT2D eigenvalue weighted by Crippen LogP contribution is 2.89. The zero-order chi connectivity index (χ0) is 8.35. The lowest BCUT2D eigenvalue weighted by Crippen LogP contribution is -2.41. The molecule has 4 saturated carbocycles. The summed E-state index contributed by atoms with van der Waals surface area (Å²) >= 11 is 0. The summed E-state index contributed by atoms with van der Waals surface area (Å²) in [5.41, 5.74) is 0.386. The van der Waals surface area contributed by atoms with Crippen LogP contribution < -0.4 is 0 Å². The molecule has 1 saturated heterocycles. The van der Waals surface area contributed by atoms with Gasteiger partial charge < -0.3 is 9.84 Å². The van der Waals surface area contributed by atoms with Crippen molar-refractivity contribution < 1.29 is 9.84 Å². The maximum absolute atomic E-state index is 10.4. The average Bonchev–Trinajstić information content (AvgIpc) is 2.51. The normalized spacial score (nSPS) is 81.8. The van der Waals surface area contributed by atoms with Crippen LogP contribution in [0.25, 0.3) is 0 Å². The summed E-state index contributed by atoms with van der Waals surface area (Å²) in [5, 5.41) is 10.4. The van der Waals surface area contributed by atoms with Crippen molar-refractivity contribution in [1.29, 1.82) is 0 Å². The third-order valence-electron chi connectivity index (χ3n) is 5.64. The Balaban J connectivity index is 2.07. The molecule has 4 aliphatic carbocycles. The maximum atomic E-state index is 10.4. The lowest BCUT2D eigenvalue weighted by Gasteiger charge is -2.34. The highest BCUT2D eigenvalue weighted by Gasteiger charge is 2.93. The van der Waals surface area contributed by atoms with Crippen LogP contribution in [0.2, 0.25) is 0 Å². The van der Waals surface area contributed by atoms with Gasteiger partial charge in [0.15, 0.2) is 5.79 Å². The van der Waals surface area contributed by atoms with E-state index < -0.39 is 5.79 Å². The first-order chi connectivity index (χ1) is 5.55. The summed E-state index contributed by atoms with van der Waals surface area (Å²) in [5.74, 6) is 1.37. The SMILES string of the molecule is C[C@]12CC3C4[C@H]3[C@]1(C)CO[C@@]42O. The van der Waals surface area contributed by atoms with E-state index in [0.717, 1.165) is 18.4 Å². The van der Waals surface area contributed by atoms with Crippen molar-refractivity contribution in [3.8, 4) is 0 Å². The van der Waals surface area contributed by atoms with Crippen LogP contribution in [0, 0.1) is 28.6 Å². The van der Waals surface area contributed by atoms with E-state index in [1.54, 1.807) is 0 Å². The molecule has 0 aromatic rings. The van der Waals surface area contributed by atoms with Gasteiger partial charge in [-0.3, -0.25) is 0 Å². The molecule has 0 aromatic heterocycles. The smallest absolute Gasteiger partial charge is 0.174 e. The van der Waals surface area contributed by atoms with Crippen LogP contribution in [0.15, 0.2) is 0 Å². The topological polar surface area (TPSA) is 29.5 Å². The maximum Gasteiger partial charge on any atom is 0.174 e. The Hall–Kier alpha value is -0.0800. The Labute approximate surface area is 71.9 Å². The second-order valence-corrected chi connectivity index (χ2v) is 5.65. The summed E-state index contributed by atoms with van der Waals surface area (Å²) in [6, 6.07) is 0. The zero-order valence-corrected chi connectivity index (χ0v) is 7.50. The van der Waals surface area contributed by atoms with Crippen molar-refractivity contribution in [3.63, 3.8) is 0 Å². The fourth-order valence-corrected chi connectivity index (χ4v) is 4.80. The molecule has 0 amide bonds. The first kappa shape index (κ1) is 6.39. The number of aliphatic hydroxyl groups is 1. The zero-order valence-electron chi connectivity index (χ0n) is 7.50. The first-order valence-electron chi connectivity index (χ1n) is 4.91. The summed E-state index contributed by atoms with van der Waals surface area (Å²) in [4.78, 5) is 0. The fourth-order valence-electron chi connectivity index (χ4n) is 4.80. The molecule has 1 heterocycles. The predicted octanol–water partition coefficient (Wildman–Crippen LogP) is 0.997. The van der Waals surface area contributed by atoms with Crippen molar-refractivity contribution in [1.82, 2.24) is 0 Å². The van der Waals surface area contributed by atoms with Crippen LogP contribution in [-0.4, -0.2) is 17.5 Å². The summed E-state index contributed by atoms with van der Waals surface area (Å²) < 4.78 is 5.61. The van der Waals surface area contributed by atoms with Gasteiger partial charge in [-0.05, 0) is 18.3 Å². The molecule has 6 bridgehead atoms. The van der Waals surface area contributed by atoms with E-state index in [0.29, 0.717) is 11.3 Å². The molecule has 1 N–H and O–H groups in total. The third kappa shape index (κ3) is 0.293. The molecule has 2 nitrogen and oxygen atoms in total. The Morgan fingerprint density at radius 2 is 2.08 bits per heavy atom. The van der Waals surface area contributed by atoms with Crippen LogP contribution >= 0.6 is 0 Å². The Morgan fingerprint density at radius 3 is 2.42 bits per heavy atom. The van der Waals surface area contributed by atoms with E-state index in [2.05, 4.69) is 13.8 Å². The summed E-state index contributed by atoms with van der Waals surface area (Å²) in [7, 11) is 0. The number of ether oxygens (including phenoxy) is 1. The molecule has 5 fully saturated rings. The van der Waals surface area contributed by atoms with Crippen molar-refractivity contribution in [2.45, 2.75) is 26.1 Å². The molecular weight excluding hydrogens is 152 g/mol. The second kappa shape index (κ2) is 1.20. The van der Waals surface area contributed by atoms with Crippen LogP contribution in [0.3, 0.4) is 0 Å². The van der Waals surface area contributed by atoms with E-state index in [4.69, 9.17) is 4.74 Å². The molecule has 6 atom stereocenters. The number of rotatable bonds is 0. The van der Waals surface area contributed by atoms with Crippen molar-refractivity contribution >= 4 is 0 Å². The lowest BCUT2D eigenvalue weighted by molar-refractivity contribution is -0.220. The van der Waals surface area contributed by atoms with Gasteiger partial charge in [0, 0.05) is 16.7 Å². The molecule has 2 unspecified atom stereocenters. The van der Waals surface area contributed by atoms with Gasteiger partial charge in [-0.15, -0.1) is 0 Å². The molecular formula is C10H14O2. The minimum Gasteiger partial charge on any atom is -0.365 e. The number of hydrogen-bond acceptors (Lipinski definition) is 2. The third-order valence-corrected chi connectivity index (χ3v) is 5.64. The van der Waals surface area contributed by atoms with Gasteiger partial charge in [-0.25, -0.2) is 0 Å². The average molecular weight is 166 g/mol. The van der Waals surface area contributed by atoms with Crippen LogP contribution in [-0.2, 0) is 4.74 Å². The first-order valence-corrected chi connectivity index (χ1v) is 4.91.